The highest BCUT2D eigenvalue weighted by atomic mass is 15.2. The Bertz CT molecular complexity index is 250. The second-order valence-electron chi connectivity index (χ2n) is 7.59. The fraction of sp³-hybridized carbons (Fsp3) is 1.00. The van der Waals surface area contributed by atoms with Crippen molar-refractivity contribution >= 4 is 0 Å². The third-order valence-corrected chi connectivity index (χ3v) is 5.12. The van der Waals surface area contributed by atoms with Gasteiger partial charge in [0.2, 0.25) is 0 Å². The maximum absolute atomic E-state index is 3.77. The van der Waals surface area contributed by atoms with Crippen molar-refractivity contribution in [3.8, 4) is 0 Å². The lowest BCUT2D eigenvalue weighted by atomic mass is 9.80. The first-order valence-corrected chi connectivity index (χ1v) is 7.94. The van der Waals surface area contributed by atoms with Crippen LogP contribution in [-0.4, -0.2) is 36.6 Å². The van der Waals surface area contributed by atoms with Gasteiger partial charge in [-0.05, 0) is 44.1 Å². The molecular weight excluding hydrogens is 220 g/mol. The summed E-state index contributed by atoms with van der Waals surface area (Å²) in [6, 6.07) is 1.52. The molecule has 0 radical (unpaired) electrons. The van der Waals surface area contributed by atoms with E-state index in [9.17, 15) is 0 Å². The summed E-state index contributed by atoms with van der Waals surface area (Å²) in [4.78, 5) is 2.69. The molecule has 0 bridgehead atoms. The summed E-state index contributed by atoms with van der Waals surface area (Å²) >= 11 is 0. The number of hydrogen-bond acceptors (Lipinski definition) is 2. The Labute approximate surface area is 114 Å². The van der Waals surface area contributed by atoms with Gasteiger partial charge in [0.15, 0.2) is 0 Å². The maximum atomic E-state index is 3.77. The second kappa shape index (κ2) is 5.92. The minimum atomic E-state index is 0.480. The molecule has 2 rings (SSSR count). The quantitative estimate of drug-likeness (QED) is 0.826. The van der Waals surface area contributed by atoms with Crippen LogP contribution in [0.15, 0.2) is 0 Å². The fourth-order valence-electron chi connectivity index (χ4n) is 3.49. The smallest absolute Gasteiger partial charge is 0.0192 e. The van der Waals surface area contributed by atoms with Gasteiger partial charge in [-0.2, -0.15) is 0 Å². The van der Waals surface area contributed by atoms with Crippen LogP contribution in [0.4, 0.5) is 0 Å². The van der Waals surface area contributed by atoms with E-state index in [4.69, 9.17) is 0 Å². The summed E-state index contributed by atoms with van der Waals surface area (Å²) in [7, 11) is 0. The van der Waals surface area contributed by atoms with Gasteiger partial charge in [-0.3, -0.25) is 4.90 Å². The van der Waals surface area contributed by atoms with Crippen LogP contribution in [0, 0.1) is 11.3 Å². The van der Waals surface area contributed by atoms with Gasteiger partial charge in [0.1, 0.15) is 0 Å². The Hall–Kier alpha value is -0.0800. The van der Waals surface area contributed by atoms with Crippen LogP contribution >= 0.6 is 0 Å². The van der Waals surface area contributed by atoms with Gasteiger partial charge in [0.05, 0.1) is 0 Å². The SMILES string of the molecule is CC(CNC1CCCC1)N1CCC(C(C)(C)C)C1. The van der Waals surface area contributed by atoms with E-state index in [0.717, 1.165) is 12.0 Å². The zero-order valence-corrected chi connectivity index (χ0v) is 12.8. The van der Waals surface area contributed by atoms with Crippen LogP contribution in [0.3, 0.4) is 0 Å². The summed E-state index contributed by atoms with van der Waals surface area (Å²) in [6.45, 7) is 13.4. The molecule has 0 spiro atoms. The van der Waals surface area contributed by atoms with E-state index >= 15 is 0 Å². The molecule has 0 aromatic heterocycles. The molecule has 0 aromatic rings. The zero-order valence-electron chi connectivity index (χ0n) is 12.8. The number of nitrogens with one attached hydrogen (secondary N) is 1. The summed E-state index contributed by atoms with van der Waals surface area (Å²) in [6.07, 6.45) is 7.05. The zero-order chi connectivity index (χ0) is 13.2. The van der Waals surface area contributed by atoms with Crippen LogP contribution in [0.25, 0.3) is 0 Å². The number of likely N-dealkylation sites (tertiary alicyclic amines) is 1. The lowest BCUT2D eigenvalue weighted by molar-refractivity contribution is 0.197. The van der Waals surface area contributed by atoms with E-state index in [2.05, 4.69) is 37.9 Å². The van der Waals surface area contributed by atoms with Crippen molar-refractivity contribution in [2.45, 2.75) is 71.9 Å². The molecule has 0 amide bonds. The molecular formula is C16H32N2. The van der Waals surface area contributed by atoms with Crippen molar-refractivity contribution in [1.29, 1.82) is 0 Å². The topological polar surface area (TPSA) is 15.3 Å². The highest BCUT2D eigenvalue weighted by Crippen LogP contribution is 2.34. The highest BCUT2D eigenvalue weighted by molar-refractivity contribution is 4.87. The minimum absolute atomic E-state index is 0.480. The molecule has 2 aliphatic rings. The van der Waals surface area contributed by atoms with Gasteiger partial charge < -0.3 is 5.32 Å². The van der Waals surface area contributed by atoms with Crippen LogP contribution in [-0.2, 0) is 0 Å². The second-order valence-corrected chi connectivity index (χ2v) is 7.59. The van der Waals surface area contributed by atoms with Crippen molar-refractivity contribution < 1.29 is 0 Å². The van der Waals surface area contributed by atoms with Crippen molar-refractivity contribution in [3.63, 3.8) is 0 Å². The Morgan fingerprint density at radius 1 is 1.17 bits per heavy atom. The molecule has 2 heteroatoms. The molecule has 1 heterocycles. The van der Waals surface area contributed by atoms with Gasteiger partial charge in [-0.1, -0.05) is 33.6 Å². The predicted molar refractivity (Wildman–Crippen MR) is 78.9 cm³/mol. The molecule has 1 aliphatic heterocycles. The Kier molecular flexibility index (Phi) is 4.71. The predicted octanol–water partition coefficient (Wildman–Crippen LogP) is 3.28. The Morgan fingerprint density at radius 3 is 2.39 bits per heavy atom. The Morgan fingerprint density at radius 2 is 1.83 bits per heavy atom. The Balaban J connectivity index is 1.71. The molecule has 1 aliphatic carbocycles. The summed E-state index contributed by atoms with van der Waals surface area (Å²) in [5.41, 5.74) is 0.480. The monoisotopic (exact) mass is 252 g/mol. The van der Waals surface area contributed by atoms with Crippen LogP contribution in [0.5, 0.6) is 0 Å². The lowest BCUT2D eigenvalue weighted by Crippen LogP contribution is -2.42. The lowest BCUT2D eigenvalue weighted by Gasteiger charge is -2.30. The largest absolute Gasteiger partial charge is 0.312 e. The number of nitrogens with zero attached hydrogens (tertiary/aromatic N) is 1. The number of hydrogen-bond donors (Lipinski definition) is 1. The van der Waals surface area contributed by atoms with E-state index in [0.29, 0.717) is 11.5 Å². The van der Waals surface area contributed by atoms with E-state index in [1.165, 1.54) is 51.7 Å². The molecule has 0 aromatic carbocycles. The first-order chi connectivity index (χ1) is 8.47. The highest BCUT2D eigenvalue weighted by Gasteiger charge is 2.33. The molecule has 2 atom stereocenters. The normalized spacial score (nSPS) is 29.0. The van der Waals surface area contributed by atoms with E-state index < -0.39 is 0 Å². The first kappa shape index (κ1) is 14.3. The molecule has 1 N–H and O–H groups in total. The summed E-state index contributed by atoms with van der Waals surface area (Å²) < 4.78 is 0. The van der Waals surface area contributed by atoms with Gasteiger partial charge >= 0.3 is 0 Å². The average Bonchev–Trinajstić information content (AvgIpc) is 2.96. The fourth-order valence-corrected chi connectivity index (χ4v) is 3.49. The van der Waals surface area contributed by atoms with Crippen LogP contribution < -0.4 is 5.32 Å². The van der Waals surface area contributed by atoms with E-state index in [-0.39, 0.29) is 0 Å². The maximum Gasteiger partial charge on any atom is 0.0192 e. The number of rotatable bonds is 4. The molecule has 2 unspecified atom stereocenters. The average molecular weight is 252 g/mol. The van der Waals surface area contributed by atoms with Crippen LogP contribution in [0.1, 0.15) is 59.8 Å². The molecule has 2 fully saturated rings. The van der Waals surface area contributed by atoms with Crippen molar-refractivity contribution in [3.05, 3.63) is 0 Å². The first-order valence-electron chi connectivity index (χ1n) is 7.94. The molecule has 18 heavy (non-hydrogen) atoms. The van der Waals surface area contributed by atoms with Crippen LogP contribution in [0.2, 0.25) is 0 Å². The third-order valence-electron chi connectivity index (χ3n) is 5.12. The van der Waals surface area contributed by atoms with Gasteiger partial charge in [-0.15, -0.1) is 0 Å². The standard InChI is InChI=1S/C16H32N2/c1-13(11-17-15-7-5-6-8-15)18-10-9-14(12-18)16(2,3)4/h13-15,17H,5-12H2,1-4H3. The molecule has 1 saturated heterocycles. The van der Waals surface area contributed by atoms with Crippen molar-refractivity contribution in [2.24, 2.45) is 11.3 Å². The van der Waals surface area contributed by atoms with Gasteiger partial charge in [0, 0.05) is 25.2 Å². The van der Waals surface area contributed by atoms with Gasteiger partial charge in [-0.25, -0.2) is 0 Å². The molecule has 1 saturated carbocycles. The van der Waals surface area contributed by atoms with E-state index in [1.807, 2.05) is 0 Å². The minimum Gasteiger partial charge on any atom is -0.312 e. The van der Waals surface area contributed by atoms with Crippen molar-refractivity contribution in [1.82, 2.24) is 10.2 Å². The van der Waals surface area contributed by atoms with E-state index in [1.54, 1.807) is 0 Å². The molecule has 106 valence electrons. The molecule has 2 nitrogen and oxygen atoms in total. The summed E-state index contributed by atoms with van der Waals surface area (Å²) in [5, 5.41) is 3.77. The third kappa shape index (κ3) is 3.71. The summed E-state index contributed by atoms with van der Waals surface area (Å²) in [5.74, 6) is 0.881. The van der Waals surface area contributed by atoms with Crippen molar-refractivity contribution in [2.75, 3.05) is 19.6 Å². The van der Waals surface area contributed by atoms with Gasteiger partial charge in [0.25, 0.3) is 0 Å².